The highest BCUT2D eigenvalue weighted by Gasteiger charge is 2.19. The molecule has 1 heterocycles. The monoisotopic (exact) mass is 258 g/mol. The van der Waals surface area contributed by atoms with Crippen molar-refractivity contribution in [3.8, 4) is 0 Å². The zero-order valence-electron chi connectivity index (χ0n) is 12.4. The lowest BCUT2D eigenvalue weighted by atomic mass is 9.96. The van der Waals surface area contributed by atoms with Crippen LogP contribution in [0, 0.1) is 34.6 Å². The summed E-state index contributed by atoms with van der Waals surface area (Å²) in [5, 5.41) is 10.5. The van der Waals surface area contributed by atoms with Gasteiger partial charge in [-0.25, -0.2) is 0 Å². The summed E-state index contributed by atoms with van der Waals surface area (Å²) >= 11 is 0. The zero-order chi connectivity index (χ0) is 14.2. The third-order valence-corrected chi connectivity index (χ3v) is 3.66. The average molecular weight is 258 g/mol. The van der Waals surface area contributed by atoms with Crippen LogP contribution in [0.25, 0.3) is 0 Å². The second kappa shape index (κ2) is 5.22. The summed E-state index contributed by atoms with van der Waals surface area (Å²) in [5.74, 6) is 1.72. The Morgan fingerprint density at radius 1 is 0.947 bits per heavy atom. The molecule has 0 aliphatic carbocycles. The Morgan fingerprint density at radius 3 is 2.00 bits per heavy atom. The number of aliphatic hydroxyl groups excluding tert-OH is 1. The summed E-state index contributed by atoms with van der Waals surface area (Å²) in [6, 6.07) is 6.41. The predicted molar refractivity (Wildman–Crippen MR) is 77.5 cm³/mol. The highest BCUT2D eigenvalue weighted by Crippen LogP contribution is 2.29. The Kier molecular flexibility index (Phi) is 3.81. The van der Waals surface area contributed by atoms with E-state index >= 15 is 0 Å². The normalized spacial score (nSPS) is 12.7. The van der Waals surface area contributed by atoms with Gasteiger partial charge in [-0.15, -0.1) is 0 Å². The summed E-state index contributed by atoms with van der Waals surface area (Å²) in [4.78, 5) is 0. The molecule has 0 amide bonds. The van der Waals surface area contributed by atoms with Crippen LogP contribution in [0.2, 0.25) is 0 Å². The molecule has 0 saturated carbocycles. The third kappa shape index (κ3) is 2.90. The van der Waals surface area contributed by atoms with Crippen LogP contribution in [-0.2, 0) is 6.42 Å². The number of aliphatic hydroxyl groups is 1. The van der Waals surface area contributed by atoms with Gasteiger partial charge in [0.05, 0.1) is 6.10 Å². The summed E-state index contributed by atoms with van der Waals surface area (Å²) in [6.45, 7) is 10.0. The fraction of sp³-hybridized carbons (Fsp3) is 0.412. The maximum Gasteiger partial charge on any atom is 0.107 e. The molecule has 0 saturated heterocycles. The SMILES string of the molecule is Cc1cc(C)cc(CC(O)c2c(C)oc(C)c2C)c1. The molecule has 2 rings (SSSR count). The van der Waals surface area contributed by atoms with Crippen LogP contribution in [0.5, 0.6) is 0 Å². The number of hydrogen-bond acceptors (Lipinski definition) is 2. The van der Waals surface area contributed by atoms with E-state index in [1.807, 2.05) is 20.8 Å². The molecule has 0 radical (unpaired) electrons. The minimum absolute atomic E-state index is 0.501. The van der Waals surface area contributed by atoms with Gasteiger partial charge in [0, 0.05) is 12.0 Å². The third-order valence-electron chi connectivity index (χ3n) is 3.66. The smallest absolute Gasteiger partial charge is 0.107 e. The molecule has 0 bridgehead atoms. The first-order valence-electron chi connectivity index (χ1n) is 6.70. The van der Waals surface area contributed by atoms with E-state index in [-0.39, 0.29) is 0 Å². The lowest BCUT2D eigenvalue weighted by Crippen LogP contribution is -2.04. The Bertz CT molecular complexity index is 573. The van der Waals surface area contributed by atoms with Crippen LogP contribution in [-0.4, -0.2) is 5.11 Å². The number of benzene rings is 1. The van der Waals surface area contributed by atoms with Crippen LogP contribution >= 0.6 is 0 Å². The summed E-state index contributed by atoms with van der Waals surface area (Å²) in [7, 11) is 0. The fourth-order valence-electron chi connectivity index (χ4n) is 2.81. The highest BCUT2D eigenvalue weighted by molar-refractivity contribution is 5.35. The van der Waals surface area contributed by atoms with Crippen LogP contribution < -0.4 is 0 Å². The number of hydrogen-bond donors (Lipinski definition) is 1. The van der Waals surface area contributed by atoms with Gasteiger partial charge in [-0.2, -0.15) is 0 Å². The second-order valence-electron chi connectivity index (χ2n) is 5.47. The molecule has 0 aliphatic rings. The van der Waals surface area contributed by atoms with Gasteiger partial charge in [-0.3, -0.25) is 0 Å². The van der Waals surface area contributed by atoms with Gasteiger partial charge in [0.25, 0.3) is 0 Å². The van der Waals surface area contributed by atoms with Crippen molar-refractivity contribution in [1.29, 1.82) is 0 Å². The van der Waals surface area contributed by atoms with E-state index < -0.39 is 6.10 Å². The molecule has 19 heavy (non-hydrogen) atoms. The quantitative estimate of drug-likeness (QED) is 0.899. The van der Waals surface area contributed by atoms with E-state index in [9.17, 15) is 5.11 Å². The van der Waals surface area contributed by atoms with Gasteiger partial charge in [0.15, 0.2) is 0 Å². The van der Waals surface area contributed by atoms with Gasteiger partial charge in [-0.05, 0) is 45.7 Å². The van der Waals surface area contributed by atoms with Crippen molar-refractivity contribution >= 4 is 0 Å². The van der Waals surface area contributed by atoms with E-state index in [1.54, 1.807) is 0 Å². The molecule has 1 N–H and O–H groups in total. The van der Waals surface area contributed by atoms with Gasteiger partial charge in [0.1, 0.15) is 11.5 Å². The maximum absolute atomic E-state index is 10.5. The van der Waals surface area contributed by atoms with Crippen molar-refractivity contribution in [2.24, 2.45) is 0 Å². The van der Waals surface area contributed by atoms with E-state index in [2.05, 4.69) is 32.0 Å². The number of furan rings is 1. The molecule has 0 aliphatic heterocycles. The number of aryl methyl sites for hydroxylation is 4. The van der Waals surface area contributed by atoms with Crippen LogP contribution in [0.1, 0.15) is 45.4 Å². The first-order chi connectivity index (χ1) is 8.88. The lowest BCUT2D eigenvalue weighted by Gasteiger charge is -2.12. The molecule has 1 unspecified atom stereocenters. The topological polar surface area (TPSA) is 33.4 Å². The van der Waals surface area contributed by atoms with Gasteiger partial charge >= 0.3 is 0 Å². The van der Waals surface area contributed by atoms with E-state index in [1.165, 1.54) is 16.7 Å². The second-order valence-corrected chi connectivity index (χ2v) is 5.47. The largest absolute Gasteiger partial charge is 0.466 e. The minimum atomic E-state index is -0.501. The zero-order valence-corrected chi connectivity index (χ0v) is 12.4. The molecule has 2 nitrogen and oxygen atoms in total. The van der Waals surface area contributed by atoms with Crippen molar-refractivity contribution < 1.29 is 9.52 Å². The molecule has 1 aromatic heterocycles. The molecule has 102 valence electrons. The summed E-state index contributed by atoms with van der Waals surface area (Å²) in [5.41, 5.74) is 5.65. The lowest BCUT2D eigenvalue weighted by molar-refractivity contribution is 0.176. The Morgan fingerprint density at radius 2 is 1.53 bits per heavy atom. The Balaban J connectivity index is 2.27. The van der Waals surface area contributed by atoms with Crippen LogP contribution in [0.4, 0.5) is 0 Å². The standard InChI is InChI=1S/C17H22O2/c1-10-6-11(2)8-15(7-10)9-16(18)17-12(3)13(4)19-14(17)5/h6-8,16,18H,9H2,1-5H3. The van der Waals surface area contributed by atoms with E-state index in [0.717, 1.165) is 22.6 Å². The molecule has 0 spiro atoms. The number of rotatable bonds is 3. The fourth-order valence-corrected chi connectivity index (χ4v) is 2.81. The van der Waals surface area contributed by atoms with Crippen LogP contribution in [0.3, 0.4) is 0 Å². The average Bonchev–Trinajstić information content (AvgIpc) is 2.51. The molecule has 2 heteroatoms. The molecular formula is C17H22O2. The van der Waals surface area contributed by atoms with Crippen molar-refractivity contribution in [2.75, 3.05) is 0 Å². The first kappa shape index (κ1) is 13.9. The molecule has 2 aromatic rings. The van der Waals surface area contributed by atoms with Gasteiger partial charge in [-0.1, -0.05) is 29.3 Å². The maximum atomic E-state index is 10.5. The van der Waals surface area contributed by atoms with Gasteiger partial charge in [0.2, 0.25) is 0 Å². The molecule has 0 fully saturated rings. The summed E-state index contributed by atoms with van der Waals surface area (Å²) < 4.78 is 5.59. The van der Waals surface area contributed by atoms with Gasteiger partial charge < -0.3 is 9.52 Å². The summed E-state index contributed by atoms with van der Waals surface area (Å²) in [6.07, 6.45) is 0.127. The first-order valence-corrected chi connectivity index (χ1v) is 6.70. The highest BCUT2D eigenvalue weighted by atomic mass is 16.3. The predicted octanol–water partition coefficient (Wildman–Crippen LogP) is 4.10. The van der Waals surface area contributed by atoms with Crippen molar-refractivity contribution in [2.45, 2.75) is 47.1 Å². The Hall–Kier alpha value is -1.54. The molecular weight excluding hydrogens is 236 g/mol. The van der Waals surface area contributed by atoms with Crippen molar-refractivity contribution in [1.82, 2.24) is 0 Å². The van der Waals surface area contributed by atoms with Crippen LogP contribution in [0.15, 0.2) is 22.6 Å². The van der Waals surface area contributed by atoms with Crippen molar-refractivity contribution in [3.63, 3.8) is 0 Å². The molecule has 1 atom stereocenters. The molecule has 1 aromatic carbocycles. The Labute approximate surface area is 115 Å². The van der Waals surface area contributed by atoms with E-state index in [4.69, 9.17) is 4.42 Å². The van der Waals surface area contributed by atoms with Crippen molar-refractivity contribution in [3.05, 3.63) is 57.5 Å². The minimum Gasteiger partial charge on any atom is -0.466 e. The van der Waals surface area contributed by atoms with E-state index in [0.29, 0.717) is 6.42 Å².